The molecule has 3 nitrogen and oxygen atoms in total. The molecule has 18 heavy (non-hydrogen) atoms. The molecule has 0 saturated carbocycles. The third-order valence-electron chi connectivity index (χ3n) is 3.34. The Morgan fingerprint density at radius 1 is 1.17 bits per heavy atom. The smallest absolute Gasteiger partial charge is 0.0458 e. The lowest BCUT2D eigenvalue weighted by atomic mass is 10.1. The van der Waals surface area contributed by atoms with Gasteiger partial charge >= 0.3 is 0 Å². The van der Waals surface area contributed by atoms with E-state index in [9.17, 15) is 0 Å². The van der Waals surface area contributed by atoms with Gasteiger partial charge < -0.3 is 15.4 Å². The van der Waals surface area contributed by atoms with Crippen LogP contribution in [0.4, 0.5) is 0 Å². The lowest BCUT2D eigenvalue weighted by molar-refractivity contribution is 0.284. The highest BCUT2D eigenvalue weighted by atomic mass is 16.2. The molecule has 0 radical (unpaired) electrons. The van der Waals surface area contributed by atoms with Gasteiger partial charge in [0.15, 0.2) is 0 Å². The molecule has 2 rings (SSSR count). The summed E-state index contributed by atoms with van der Waals surface area (Å²) in [6.07, 6.45) is 2.98. The molecule has 0 bridgehead atoms. The zero-order chi connectivity index (χ0) is 12.8. The first-order chi connectivity index (χ1) is 8.83. The van der Waals surface area contributed by atoms with Gasteiger partial charge in [-0.15, -0.1) is 0 Å². The molecule has 0 spiro atoms. The number of rotatable bonds is 7. The van der Waals surface area contributed by atoms with Gasteiger partial charge in [0.2, 0.25) is 0 Å². The number of aliphatic hydroxyl groups is 1. The summed E-state index contributed by atoms with van der Waals surface area (Å²) in [5.74, 6) is 0. The van der Waals surface area contributed by atoms with E-state index < -0.39 is 0 Å². The van der Waals surface area contributed by atoms with Crippen LogP contribution in [-0.2, 0) is 6.42 Å². The van der Waals surface area contributed by atoms with Gasteiger partial charge in [-0.1, -0.05) is 18.2 Å². The van der Waals surface area contributed by atoms with Crippen LogP contribution in [0.3, 0.4) is 0 Å². The Balaban J connectivity index is 1.89. The number of H-pyrrole nitrogens is 1. The average molecular weight is 246 g/mol. The number of para-hydroxylation sites is 1. The molecule has 3 heteroatoms. The number of fused-ring (bicyclic) bond motifs is 1. The lowest BCUT2D eigenvalue weighted by Crippen LogP contribution is -2.18. The molecular formula is C15H22N2O. The molecule has 0 unspecified atom stereocenters. The molecule has 0 atom stereocenters. The summed E-state index contributed by atoms with van der Waals surface area (Å²) >= 11 is 0. The van der Waals surface area contributed by atoms with E-state index in [1.165, 1.54) is 22.2 Å². The maximum absolute atomic E-state index is 8.70. The van der Waals surface area contributed by atoms with Gasteiger partial charge in [0.25, 0.3) is 0 Å². The van der Waals surface area contributed by atoms with Crippen LogP contribution in [0.2, 0.25) is 0 Å². The van der Waals surface area contributed by atoms with Gasteiger partial charge in [-0.2, -0.15) is 0 Å². The Morgan fingerprint density at radius 2 is 2.00 bits per heavy atom. The zero-order valence-corrected chi connectivity index (χ0v) is 11.0. The summed E-state index contributed by atoms with van der Waals surface area (Å²) in [4.78, 5) is 3.43. The molecule has 1 aromatic heterocycles. The summed E-state index contributed by atoms with van der Waals surface area (Å²) in [6.45, 7) is 4.42. The van der Waals surface area contributed by atoms with Crippen molar-refractivity contribution in [1.82, 2.24) is 10.3 Å². The topological polar surface area (TPSA) is 48.0 Å². The molecule has 0 saturated heterocycles. The van der Waals surface area contributed by atoms with Crippen LogP contribution in [0.25, 0.3) is 10.9 Å². The monoisotopic (exact) mass is 246 g/mol. The van der Waals surface area contributed by atoms with Crippen molar-refractivity contribution in [2.45, 2.75) is 26.2 Å². The molecular weight excluding hydrogens is 224 g/mol. The molecule has 0 aliphatic rings. The van der Waals surface area contributed by atoms with E-state index >= 15 is 0 Å². The fraction of sp³-hybridized carbons (Fsp3) is 0.467. The maximum atomic E-state index is 8.70. The highest BCUT2D eigenvalue weighted by Gasteiger charge is 2.06. The van der Waals surface area contributed by atoms with Gasteiger partial charge in [0.1, 0.15) is 0 Å². The maximum Gasteiger partial charge on any atom is 0.0458 e. The normalized spacial score (nSPS) is 11.2. The molecule has 1 aromatic carbocycles. The predicted octanol–water partition coefficient (Wildman–Crippen LogP) is 2.38. The Bertz CT molecular complexity index is 490. The minimum absolute atomic E-state index is 0.295. The molecule has 0 fully saturated rings. The van der Waals surface area contributed by atoms with Crippen LogP contribution in [0.15, 0.2) is 24.3 Å². The number of aliphatic hydroxyl groups excluding tert-OH is 1. The SMILES string of the molecule is Cc1[nH]c2ccccc2c1CCNCCCCO. The van der Waals surface area contributed by atoms with E-state index in [-0.39, 0.29) is 0 Å². The number of hydrogen-bond acceptors (Lipinski definition) is 2. The third kappa shape index (κ3) is 3.12. The predicted molar refractivity (Wildman–Crippen MR) is 75.9 cm³/mol. The summed E-state index contributed by atoms with van der Waals surface area (Å²) < 4.78 is 0. The second-order valence-electron chi connectivity index (χ2n) is 4.70. The van der Waals surface area contributed by atoms with Crippen LogP contribution in [0.5, 0.6) is 0 Å². The minimum atomic E-state index is 0.295. The van der Waals surface area contributed by atoms with E-state index in [2.05, 4.69) is 41.5 Å². The summed E-state index contributed by atoms with van der Waals surface area (Å²) in [5, 5.41) is 13.5. The van der Waals surface area contributed by atoms with Gasteiger partial charge in [-0.25, -0.2) is 0 Å². The molecule has 1 heterocycles. The number of aromatic nitrogens is 1. The standard InChI is InChI=1S/C15H22N2O/c1-12-13(8-10-16-9-4-5-11-18)14-6-2-3-7-15(14)17-12/h2-3,6-7,16-18H,4-5,8-11H2,1H3. The number of unbranched alkanes of at least 4 members (excludes halogenated alkanes) is 1. The zero-order valence-electron chi connectivity index (χ0n) is 11.0. The lowest BCUT2D eigenvalue weighted by Gasteiger charge is -2.04. The van der Waals surface area contributed by atoms with E-state index in [4.69, 9.17) is 5.11 Å². The molecule has 0 aliphatic heterocycles. The molecule has 0 amide bonds. The Hall–Kier alpha value is -1.32. The van der Waals surface area contributed by atoms with E-state index in [0.717, 1.165) is 32.4 Å². The second kappa shape index (κ2) is 6.57. The van der Waals surface area contributed by atoms with E-state index in [1.807, 2.05) is 0 Å². The first kappa shape index (κ1) is 13.1. The fourth-order valence-corrected chi connectivity index (χ4v) is 2.36. The van der Waals surface area contributed by atoms with Crippen molar-refractivity contribution in [3.63, 3.8) is 0 Å². The molecule has 0 aliphatic carbocycles. The van der Waals surface area contributed by atoms with E-state index in [1.54, 1.807) is 0 Å². The number of aromatic amines is 1. The highest BCUT2D eigenvalue weighted by Crippen LogP contribution is 2.21. The largest absolute Gasteiger partial charge is 0.396 e. The van der Waals surface area contributed by atoms with Gasteiger partial charge in [-0.05, 0) is 50.9 Å². The van der Waals surface area contributed by atoms with Crippen molar-refractivity contribution >= 4 is 10.9 Å². The van der Waals surface area contributed by atoms with Crippen molar-refractivity contribution in [3.05, 3.63) is 35.5 Å². The Kier molecular flexibility index (Phi) is 4.79. The molecule has 98 valence electrons. The second-order valence-corrected chi connectivity index (χ2v) is 4.70. The van der Waals surface area contributed by atoms with Crippen LogP contribution in [0, 0.1) is 6.92 Å². The minimum Gasteiger partial charge on any atom is -0.396 e. The first-order valence-corrected chi connectivity index (χ1v) is 6.70. The Labute approximate surface area is 108 Å². The van der Waals surface area contributed by atoms with E-state index in [0.29, 0.717) is 6.61 Å². The quantitative estimate of drug-likeness (QED) is 0.657. The Morgan fingerprint density at radius 3 is 2.83 bits per heavy atom. The number of hydrogen-bond donors (Lipinski definition) is 3. The van der Waals surface area contributed by atoms with Crippen molar-refractivity contribution in [2.24, 2.45) is 0 Å². The number of benzene rings is 1. The van der Waals surface area contributed by atoms with Crippen LogP contribution in [-0.4, -0.2) is 29.8 Å². The summed E-state index contributed by atoms with van der Waals surface area (Å²) in [5.41, 5.74) is 3.92. The summed E-state index contributed by atoms with van der Waals surface area (Å²) in [7, 11) is 0. The number of nitrogens with one attached hydrogen (secondary N) is 2. The van der Waals surface area contributed by atoms with Crippen molar-refractivity contribution < 1.29 is 5.11 Å². The third-order valence-corrected chi connectivity index (χ3v) is 3.34. The van der Waals surface area contributed by atoms with Gasteiger partial charge in [0, 0.05) is 23.2 Å². The summed E-state index contributed by atoms with van der Waals surface area (Å²) in [6, 6.07) is 8.46. The first-order valence-electron chi connectivity index (χ1n) is 6.70. The van der Waals surface area contributed by atoms with Crippen LogP contribution in [0.1, 0.15) is 24.1 Å². The number of aryl methyl sites for hydroxylation is 1. The van der Waals surface area contributed by atoms with Crippen molar-refractivity contribution in [1.29, 1.82) is 0 Å². The average Bonchev–Trinajstić information content (AvgIpc) is 2.70. The fourth-order valence-electron chi connectivity index (χ4n) is 2.36. The van der Waals surface area contributed by atoms with Crippen molar-refractivity contribution in [2.75, 3.05) is 19.7 Å². The van der Waals surface area contributed by atoms with Crippen molar-refractivity contribution in [3.8, 4) is 0 Å². The molecule has 2 aromatic rings. The van der Waals surface area contributed by atoms with Crippen LogP contribution >= 0.6 is 0 Å². The van der Waals surface area contributed by atoms with Gasteiger partial charge in [0.05, 0.1) is 0 Å². The highest BCUT2D eigenvalue weighted by molar-refractivity contribution is 5.84. The molecule has 3 N–H and O–H groups in total. The van der Waals surface area contributed by atoms with Gasteiger partial charge in [-0.3, -0.25) is 0 Å². The van der Waals surface area contributed by atoms with Crippen LogP contribution < -0.4 is 5.32 Å².